The van der Waals surface area contributed by atoms with Crippen LogP contribution in [0.5, 0.6) is 0 Å². The standard InChI is InChI=1S/C14H22/c1-12-6-2-5-9-14(12)11-10-13-7-3-4-8-13/h3,7-8,12,14H,2,4-6,9-11H2,1H3. The first-order valence-electron chi connectivity index (χ1n) is 6.22. The highest BCUT2D eigenvalue weighted by atomic mass is 14.3. The van der Waals surface area contributed by atoms with Crippen molar-refractivity contribution in [1.82, 2.24) is 0 Å². The third kappa shape index (κ3) is 2.50. The Morgan fingerprint density at radius 2 is 2.14 bits per heavy atom. The highest BCUT2D eigenvalue weighted by Gasteiger charge is 2.20. The summed E-state index contributed by atoms with van der Waals surface area (Å²) in [5, 5.41) is 0. The summed E-state index contributed by atoms with van der Waals surface area (Å²) in [7, 11) is 0. The first-order valence-corrected chi connectivity index (χ1v) is 6.22. The van der Waals surface area contributed by atoms with E-state index in [0.29, 0.717) is 0 Å². The van der Waals surface area contributed by atoms with Crippen molar-refractivity contribution in [3.63, 3.8) is 0 Å². The van der Waals surface area contributed by atoms with Crippen LogP contribution in [-0.2, 0) is 0 Å². The van der Waals surface area contributed by atoms with Gasteiger partial charge in [-0.2, -0.15) is 0 Å². The third-order valence-electron chi connectivity index (χ3n) is 3.94. The van der Waals surface area contributed by atoms with Gasteiger partial charge < -0.3 is 0 Å². The van der Waals surface area contributed by atoms with Crippen molar-refractivity contribution in [2.24, 2.45) is 11.8 Å². The van der Waals surface area contributed by atoms with Crippen molar-refractivity contribution in [3.05, 3.63) is 23.8 Å². The van der Waals surface area contributed by atoms with Crippen LogP contribution >= 0.6 is 0 Å². The van der Waals surface area contributed by atoms with Gasteiger partial charge in [-0.3, -0.25) is 0 Å². The molecule has 2 rings (SSSR count). The molecule has 0 heterocycles. The van der Waals surface area contributed by atoms with Crippen LogP contribution in [0.3, 0.4) is 0 Å². The van der Waals surface area contributed by atoms with Crippen molar-refractivity contribution in [1.29, 1.82) is 0 Å². The predicted molar refractivity (Wildman–Crippen MR) is 62.2 cm³/mol. The van der Waals surface area contributed by atoms with Crippen molar-refractivity contribution in [3.8, 4) is 0 Å². The minimum Gasteiger partial charge on any atom is -0.0805 e. The molecular weight excluding hydrogens is 168 g/mol. The van der Waals surface area contributed by atoms with Gasteiger partial charge >= 0.3 is 0 Å². The van der Waals surface area contributed by atoms with Crippen LogP contribution in [0, 0.1) is 11.8 Å². The lowest BCUT2D eigenvalue weighted by Gasteiger charge is -2.28. The lowest BCUT2D eigenvalue weighted by molar-refractivity contribution is 0.242. The van der Waals surface area contributed by atoms with E-state index in [1.165, 1.54) is 44.9 Å². The maximum atomic E-state index is 2.45. The molecule has 0 amide bonds. The first kappa shape index (κ1) is 10.0. The Bertz CT molecular complexity index is 234. The van der Waals surface area contributed by atoms with Gasteiger partial charge in [-0.25, -0.2) is 0 Å². The van der Waals surface area contributed by atoms with Crippen molar-refractivity contribution < 1.29 is 0 Å². The van der Waals surface area contributed by atoms with Gasteiger partial charge in [-0.1, -0.05) is 56.4 Å². The van der Waals surface area contributed by atoms with E-state index in [0.717, 1.165) is 11.8 Å². The van der Waals surface area contributed by atoms with Gasteiger partial charge in [0.15, 0.2) is 0 Å². The molecule has 0 heteroatoms. The maximum Gasteiger partial charge on any atom is -0.0160 e. The molecule has 0 nitrogen and oxygen atoms in total. The van der Waals surface area contributed by atoms with Gasteiger partial charge in [0.25, 0.3) is 0 Å². The molecule has 0 spiro atoms. The number of allylic oxidation sites excluding steroid dienone is 4. The van der Waals surface area contributed by atoms with Crippen LogP contribution in [0.4, 0.5) is 0 Å². The largest absolute Gasteiger partial charge is 0.0805 e. The smallest absolute Gasteiger partial charge is 0.0160 e. The summed E-state index contributed by atoms with van der Waals surface area (Å²) in [6.07, 6.45) is 16.8. The molecule has 2 aliphatic carbocycles. The number of hydrogen-bond donors (Lipinski definition) is 0. The summed E-state index contributed by atoms with van der Waals surface area (Å²) in [5.74, 6) is 1.99. The fraction of sp³-hybridized carbons (Fsp3) is 0.714. The van der Waals surface area contributed by atoms with Gasteiger partial charge in [0.2, 0.25) is 0 Å². The van der Waals surface area contributed by atoms with Crippen molar-refractivity contribution in [2.75, 3.05) is 0 Å². The Balaban J connectivity index is 1.76. The topological polar surface area (TPSA) is 0 Å². The van der Waals surface area contributed by atoms with Crippen LogP contribution in [0.25, 0.3) is 0 Å². The number of hydrogen-bond acceptors (Lipinski definition) is 0. The molecule has 78 valence electrons. The average Bonchev–Trinajstić information content (AvgIpc) is 2.69. The zero-order valence-corrected chi connectivity index (χ0v) is 9.34. The number of rotatable bonds is 3. The van der Waals surface area contributed by atoms with E-state index in [2.05, 4.69) is 25.2 Å². The van der Waals surface area contributed by atoms with Gasteiger partial charge in [-0.05, 0) is 31.1 Å². The second-order valence-corrected chi connectivity index (χ2v) is 4.98. The normalized spacial score (nSPS) is 31.9. The monoisotopic (exact) mass is 190 g/mol. The minimum absolute atomic E-state index is 0.981. The SMILES string of the molecule is CC1CCCCC1CCC1=CCC=C1. The van der Waals surface area contributed by atoms with E-state index in [-0.39, 0.29) is 0 Å². The molecule has 2 aliphatic rings. The fourth-order valence-electron chi connectivity index (χ4n) is 2.87. The van der Waals surface area contributed by atoms with Crippen LogP contribution in [0.1, 0.15) is 51.9 Å². The predicted octanol–water partition coefficient (Wildman–Crippen LogP) is 4.48. The molecule has 0 saturated heterocycles. The van der Waals surface area contributed by atoms with Crippen LogP contribution in [0.2, 0.25) is 0 Å². The summed E-state index contributed by atoms with van der Waals surface area (Å²) in [4.78, 5) is 0. The Hall–Kier alpha value is -0.520. The van der Waals surface area contributed by atoms with Crippen LogP contribution in [-0.4, -0.2) is 0 Å². The zero-order valence-electron chi connectivity index (χ0n) is 9.34. The summed E-state index contributed by atoms with van der Waals surface area (Å²) in [6, 6.07) is 0. The molecule has 2 atom stereocenters. The summed E-state index contributed by atoms with van der Waals surface area (Å²) >= 11 is 0. The van der Waals surface area contributed by atoms with E-state index in [9.17, 15) is 0 Å². The fourth-order valence-corrected chi connectivity index (χ4v) is 2.87. The molecule has 0 aromatic rings. The Kier molecular flexibility index (Phi) is 3.44. The average molecular weight is 190 g/mol. The summed E-state index contributed by atoms with van der Waals surface area (Å²) in [6.45, 7) is 2.45. The van der Waals surface area contributed by atoms with E-state index < -0.39 is 0 Å². The van der Waals surface area contributed by atoms with E-state index in [4.69, 9.17) is 0 Å². The van der Waals surface area contributed by atoms with Crippen molar-refractivity contribution >= 4 is 0 Å². The molecule has 2 unspecified atom stereocenters. The molecule has 14 heavy (non-hydrogen) atoms. The zero-order chi connectivity index (χ0) is 9.80. The second-order valence-electron chi connectivity index (χ2n) is 4.98. The molecule has 0 aromatic heterocycles. The molecule has 0 aromatic carbocycles. The maximum absolute atomic E-state index is 2.45. The molecule has 0 aliphatic heterocycles. The van der Waals surface area contributed by atoms with E-state index >= 15 is 0 Å². The van der Waals surface area contributed by atoms with Gasteiger partial charge in [0, 0.05) is 0 Å². The molecule has 1 fully saturated rings. The van der Waals surface area contributed by atoms with Gasteiger partial charge in [0.1, 0.15) is 0 Å². The van der Waals surface area contributed by atoms with Gasteiger partial charge in [0.05, 0.1) is 0 Å². The van der Waals surface area contributed by atoms with Crippen LogP contribution < -0.4 is 0 Å². The Morgan fingerprint density at radius 1 is 1.29 bits per heavy atom. The van der Waals surface area contributed by atoms with Crippen molar-refractivity contribution in [2.45, 2.75) is 51.9 Å². The lowest BCUT2D eigenvalue weighted by Crippen LogP contribution is -2.16. The minimum atomic E-state index is 0.981. The highest BCUT2D eigenvalue weighted by molar-refractivity contribution is 5.25. The van der Waals surface area contributed by atoms with E-state index in [1.807, 2.05) is 0 Å². The quantitative estimate of drug-likeness (QED) is 0.615. The summed E-state index contributed by atoms with van der Waals surface area (Å²) < 4.78 is 0. The lowest BCUT2D eigenvalue weighted by atomic mass is 9.77. The molecular formula is C14H22. The first-order chi connectivity index (χ1) is 6.86. The van der Waals surface area contributed by atoms with Gasteiger partial charge in [-0.15, -0.1) is 0 Å². The summed E-state index contributed by atoms with van der Waals surface area (Å²) in [5.41, 5.74) is 1.59. The highest BCUT2D eigenvalue weighted by Crippen LogP contribution is 2.34. The van der Waals surface area contributed by atoms with E-state index in [1.54, 1.807) is 5.57 Å². The third-order valence-corrected chi connectivity index (χ3v) is 3.94. The second kappa shape index (κ2) is 4.82. The molecule has 0 bridgehead atoms. The Morgan fingerprint density at radius 3 is 2.86 bits per heavy atom. The van der Waals surface area contributed by atoms with Crippen LogP contribution in [0.15, 0.2) is 23.8 Å². The Labute approximate surface area is 88.1 Å². The molecule has 0 N–H and O–H groups in total. The molecule has 1 saturated carbocycles. The molecule has 0 radical (unpaired) electrons.